The number of aliphatic carboxylic acids is 1. The normalized spacial score (nSPS) is 18.3. The van der Waals surface area contributed by atoms with E-state index in [1.165, 1.54) is 42.1 Å². The van der Waals surface area contributed by atoms with Crippen molar-refractivity contribution in [2.45, 2.75) is 57.6 Å². The first-order chi connectivity index (χ1) is 18.5. The molecule has 4 rings (SSSR count). The van der Waals surface area contributed by atoms with Crippen LogP contribution in [-0.2, 0) is 21.4 Å². The van der Waals surface area contributed by atoms with Crippen molar-refractivity contribution in [3.63, 3.8) is 0 Å². The lowest BCUT2D eigenvalue weighted by Crippen LogP contribution is -2.36. The molecule has 2 aromatic heterocycles. The third kappa shape index (κ3) is 5.70. The monoisotopic (exact) mass is 572 g/mol. The van der Waals surface area contributed by atoms with Crippen LogP contribution < -0.4 is 9.47 Å². The van der Waals surface area contributed by atoms with Gasteiger partial charge in [0.15, 0.2) is 5.78 Å². The maximum absolute atomic E-state index is 13.7. The molecule has 208 valence electrons. The van der Waals surface area contributed by atoms with Gasteiger partial charge in [-0.05, 0) is 42.2 Å². The van der Waals surface area contributed by atoms with Gasteiger partial charge in [0.1, 0.15) is 27.4 Å². The number of sulfonamides is 1. The number of nitrogens with zero attached hydrogens (tertiary/aromatic N) is 2. The Hall–Kier alpha value is -3.28. The number of carboxylic acid groups (broad SMARTS) is 1. The molecule has 1 aliphatic rings. The Bertz CT molecular complexity index is 1500. The van der Waals surface area contributed by atoms with Gasteiger partial charge in [-0.1, -0.05) is 32.0 Å². The molecule has 0 radical (unpaired) electrons. The number of rotatable bonds is 9. The number of hydrogen-bond acceptors (Lipinski definition) is 8. The Balaban J connectivity index is 1.78. The second-order valence-electron chi connectivity index (χ2n) is 9.66. The highest BCUT2D eigenvalue weighted by atomic mass is 32.2. The number of carbonyl (C=O) groups excluding carboxylic acids is 1. The maximum atomic E-state index is 13.7. The number of thiophene rings is 1. The minimum atomic E-state index is -3.91. The fraction of sp³-hybridized carbons (Fsp3) is 0.393. The van der Waals surface area contributed by atoms with Gasteiger partial charge in [0.05, 0.1) is 25.8 Å². The molecular formula is C28H32N2O7S2. The molecule has 3 atom stereocenters. The van der Waals surface area contributed by atoms with E-state index < -0.39 is 27.8 Å². The van der Waals surface area contributed by atoms with Gasteiger partial charge < -0.3 is 14.6 Å². The second-order valence-corrected chi connectivity index (χ2v) is 12.7. The van der Waals surface area contributed by atoms with Crippen molar-refractivity contribution in [3.05, 3.63) is 69.2 Å². The van der Waals surface area contributed by atoms with Crippen LogP contribution in [0.25, 0.3) is 0 Å². The molecule has 1 aromatic carbocycles. The average molecular weight is 573 g/mol. The Labute approximate surface area is 232 Å². The predicted octanol–water partition coefficient (Wildman–Crippen LogP) is 4.88. The number of carboxylic acids is 1. The molecule has 0 aliphatic carbocycles. The largest absolute Gasteiger partial charge is 0.495 e. The molecule has 3 heterocycles. The summed E-state index contributed by atoms with van der Waals surface area (Å²) in [6, 6.07) is 8.88. The maximum Gasteiger partial charge on any atom is 0.307 e. The molecule has 0 spiro atoms. The molecule has 9 nitrogen and oxygen atoms in total. The average Bonchev–Trinajstić information content (AvgIpc) is 3.29. The Morgan fingerprint density at radius 2 is 2.03 bits per heavy atom. The number of methoxy groups -OCH3 is 1. The van der Waals surface area contributed by atoms with Crippen LogP contribution in [0.1, 0.15) is 64.3 Å². The summed E-state index contributed by atoms with van der Waals surface area (Å²) < 4.78 is 40.1. The molecule has 0 unspecified atom stereocenters. The summed E-state index contributed by atoms with van der Waals surface area (Å²) in [5.41, 5.74) is 2.33. The number of aromatic nitrogens is 1. The van der Waals surface area contributed by atoms with Crippen LogP contribution in [0.15, 0.2) is 47.6 Å². The standard InChI is InChI=1S/C28H32N2O7S2/c1-6-21-15-30(39(34,35)25-13-29-10-9-22(25)37-21)14-20-11-19(8-7-16(20)2)26(17(3)28(32)33)24-12-23(36-5)27(38-24)18(4)31/h7-13,17,21,26H,6,14-15H2,1-5H3,(H,32,33)/t17-,21-,26+/m1/s1. The first-order valence-corrected chi connectivity index (χ1v) is 14.8. The van der Waals surface area contributed by atoms with Crippen molar-refractivity contribution in [2.24, 2.45) is 5.92 Å². The van der Waals surface area contributed by atoms with Gasteiger partial charge in [0.2, 0.25) is 10.0 Å². The van der Waals surface area contributed by atoms with Gasteiger partial charge in [-0.3, -0.25) is 14.6 Å². The summed E-state index contributed by atoms with van der Waals surface area (Å²) in [5.74, 6) is -1.85. The van der Waals surface area contributed by atoms with Crippen LogP contribution in [0.5, 0.6) is 11.5 Å². The zero-order valence-corrected chi connectivity index (χ0v) is 24.1. The number of aryl methyl sites for hydroxylation is 1. The highest BCUT2D eigenvalue weighted by Gasteiger charge is 2.35. The van der Waals surface area contributed by atoms with E-state index >= 15 is 0 Å². The quantitative estimate of drug-likeness (QED) is 0.360. The number of Topliss-reactive ketones (excluding diaryl/α,β-unsaturated/α-hetero) is 1. The topological polar surface area (TPSA) is 123 Å². The van der Waals surface area contributed by atoms with Gasteiger partial charge >= 0.3 is 5.97 Å². The SMILES string of the molecule is CC[C@@H]1CN(Cc2cc([C@@H](c3cc(OC)c(C(C)=O)s3)[C@@H](C)C(=O)O)ccc2C)S(=O)(=O)c2cnccc2O1. The zero-order chi connectivity index (χ0) is 28.5. The number of carbonyl (C=O) groups is 2. The lowest BCUT2D eigenvalue weighted by atomic mass is 9.84. The van der Waals surface area contributed by atoms with E-state index in [1.54, 1.807) is 19.1 Å². The van der Waals surface area contributed by atoms with Crippen molar-refractivity contribution in [3.8, 4) is 11.5 Å². The third-order valence-electron chi connectivity index (χ3n) is 7.05. The van der Waals surface area contributed by atoms with Crippen LogP contribution in [0.2, 0.25) is 0 Å². The van der Waals surface area contributed by atoms with E-state index in [2.05, 4.69) is 4.98 Å². The summed E-state index contributed by atoms with van der Waals surface area (Å²) in [7, 11) is -2.44. The molecule has 0 amide bonds. The van der Waals surface area contributed by atoms with E-state index in [9.17, 15) is 23.1 Å². The van der Waals surface area contributed by atoms with Crippen LogP contribution in [-0.4, -0.2) is 54.3 Å². The molecule has 1 N–H and O–H groups in total. The number of hydrogen-bond donors (Lipinski definition) is 1. The Morgan fingerprint density at radius 1 is 1.28 bits per heavy atom. The van der Waals surface area contributed by atoms with E-state index in [-0.39, 0.29) is 35.6 Å². The van der Waals surface area contributed by atoms with Crippen molar-refractivity contribution in [2.75, 3.05) is 13.7 Å². The number of benzene rings is 1. The van der Waals surface area contributed by atoms with Crippen LogP contribution in [0, 0.1) is 12.8 Å². The van der Waals surface area contributed by atoms with Gasteiger partial charge in [0, 0.05) is 30.5 Å². The van der Waals surface area contributed by atoms with Gasteiger partial charge in [-0.25, -0.2) is 8.42 Å². The third-order valence-corrected chi connectivity index (χ3v) is 10.2. The van der Waals surface area contributed by atoms with Crippen LogP contribution >= 0.6 is 11.3 Å². The number of ketones is 1. The molecule has 0 fully saturated rings. The lowest BCUT2D eigenvalue weighted by Gasteiger charge is -2.25. The molecular weight excluding hydrogens is 540 g/mol. The minimum Gasteiger partial charge on any atom is -0.495 e. The summed E-state index contributed by atoms with van der Waals surface area (Å²) in [6.45, 7) is 7.15. The van der Waals surface area contributed by atoms with Crippen LogP contribution in [0.4, 0.5) is 0 Å². The summed E-state index contributed by atoms with van der Waals surface area (Å²) in [6.07, 6.45) is 3.09. The summed E-state index contributed by atoms with van der Waals surface area (Å²) in [5, 5.41) is 9.95. The van der Waals surface area contributed by atoms with E-state index in [1.807, 2.05) is 32.0 Å². The molecule has 0 saturated heterocycles. The predicted molar refractivity (Wildman–Crippen MR) is 147 cm³/mol. The molecule has 11 heteroatoms. The molecule has 39 heavy (non-hydrogen) atoms. The van der Waals surface area contributed by atoms with E-state index in [0.29, 0.717) is 27.5 Å². The number of ether oxygens (including phenoxy) is 2. The van der Waals surface area contributed by atoms with Crippen LogP contribution in [0.3, 0.4) is 0 Å². The highest BCUT2D eigenvalue weighted by Crippen LogP contribution is 2.42. The van der Waals surface area contributed by atoms with Crippen molar-refractivity contribution >= 4 is 33.1 Å². The Kier molecular flexibility index (Phi) is 8.43. The van der Waals surface area contributed by atoms with E-state index in [4.69, 9.17) is 9.47 Å². The highest BCUT2D eigenvalue weighted by molar-refractivity contribution is 7.89. The van der Waals surface area contributed by atoms with Crippen molar-refractivity contribution < 1.29 is 32.6 Å². The molecule has 1 aliphatic heterocycles. The second kappa shape index (κ2) is 11.4. The first kappa shape index (κ1) is 28.7. The summed E-state index contributed by atoms with van der Waals surface area (Å²) in [4.78, 5) is 29.5. The van der Waals surface area contributed by atoms with Crippen molar-refractivity contribution in [1.29, 1.82) is 0 Å². The number of pyridine rings is 1. The zero-order valence-electron chi connectivity index (χ0n) is 22.5. The minimum absolute atomic E-state index is 0.0228. The fourth-order valence-corrected chi connectivity index (χ4v) is 7.50. The fourth-order valence-electron chi connectivity index (χ4n) is 4.73. The van der Waals surface area contributed by atoms with Crippen molar-refractivity contribution in [1.82, 2.24) is 9.29 Å². The first-order valence-electron chi connectivity index (χ1n) is 12.6. The van der Waals surface area contributed by atoms with E-state index in [0.717, 1.165) is 11.1 Å². The molecule has 3 aromatic rings. The van der Waals surface area contributed by atoms with Gasteiger partial charge in [-0.15, -0.1) is 11.3 Å². The van der Waals surface area contributed by atoms with Gasteiger partial charge in [-0.2, -0.15) is 4.31 Å². The molecule has 0 bridgehead atoms. The lowest BCUT2D eigenvalue weighted by molar-refractivity contribution is -0.141. The Morgan fingerprint density at radius 3 is 2.64 bits per heavy atom. The smallest absolute Gasteiger partial charge is 0.307 e. The molecule has 0 saturated carbocycles. The summed E-state index contributed by atoms with van der Waals surface area (Å²) >= 11 is 1.22. The van der Waals surface area contributed by atoms with Gasteiger partial charge in [0.25, 0.3) is 0 Å². The number of fused-ring (bicyclic) bond motifs is 1.